The highest BCUT2D eigenvalue weighted by molar-refractivity contribution is 5.08. The van der Waals surface area contributed by atoms with E-state index in [0.717, 1.165) is 19.6 Å². The zero-order valence-electron chi connectivity index (χ0n) is 12.0. The molecule has 0 amide bonds. The van der Waals surface area contributed by atoms with Crippen molar-refractivity contribution in [3.63, 3.8) is 0 Å². The smallest absolute Gasteiger partial charge is 0.168 e. The van der Waals surface area contributed by atoms with Crippen molar-refractivity contribution < 1.29 is 21.5 Å². The number of aryl methyl sites for hydroxylation is 1. The number of hydrogen-bond donors (Lipinski definition) is 0. The maximum atomic E-state index is 2.25. The number of aromatic nitrogens is 1. The minimum atomic E-state index is 0. The number of rotatable bonds is 4. The number of hydrogen-bond acceptors (Lipinski definition) is 1. The van der Waals surface area contributed by atoms with E-state index >= 15 is 0 Å². The molecule has 1 aliphatic rings. The van der Waals surface area contributed by atoms with Gasteiger partial charge in [0.2, 0.25) is 0 Å². The van der Waals surface area contributed by atoms with Crippen LogP contribution in [0.3, 0.4) is 0 Å². The van der Waals surface area contributed by atoms with Gasteiger partial charge >= 0.3 is 0 Å². The Balaban J connectivity index is 0.000000331. The number of allylic oxidation sites excluding steroid dienone is 2. The van der Waals surface area contributed by atoms with E-state index in [0.29, 0.717) is 0 Å². The Bertz CT molecular complexity index is 360. The largest absolute Gasteiger partial charge is 1.00 e. The summed E-state index contributed by atoms with van der Waals surface area (Å²) in [6, 6.07) is 6.17. The molecular formula is C16H25BrN2. The molecule has 0 saturated carbocycles. The van der Waals surface area contributed by atoms with Gasteiger partial charge in [0.25, 0.3) is 0 Å². The standard InChI is InChI=1S/C9H14N.C7H11N.BrH/c1-2-3-7-10-8-5-4-6-9-10;1-2-8-6-4-3-5-7-8;/h4-6,8-9H,2-3,7H2,1H3;3-6H,2,7H2,1H3;1H/q+1;;/p-1. The second-order valence-electron chi connectivity index (χ2n) is 4.32. The Hall–Kier alpha value is -1.09. The molecule has 1 aliphatic heterocycles. The molecule has 3 heteroatoms. The summed E-state index contributed by atoms with van der Waals surface area (Å²) in [6.07, 6.45) is 15.2. The van der Waals surface area contributed by atoms with Crippen LogP contribution >= 0.6 is 0 Å². The van der Waals surface area contributed by atoms with Gasteiger partial charge in [0, 0.05) is 31.6 Å². The molecule has 0 aliphatic carbocycles. The average molecular weight is 325 g/mol. The highest BCUT2D eigenvalue weighted by atomic mass is 79.9. The van der Waals surface area contributed by atoms with Crippen molar-refractivity contribution in [1.82, 2.24) is 4.90 Å². The van der Waals surface area contributed by atoms with Crippen LogP contribution in [0.25, 0.3) is 0 Å². The monoisotopic (exact) mass is 324 g/mol. The molecule has 0 aromatic carbocycles. The quantitative estimate of drug-likeness (QED) is 0.716. The normalized spacial score (nSPS) is 12.4. The Labute approximate surface area is 128 Å². The molecule has 0 spiro atoms. The molecule has 2 heterocycles. The van der Waals surface area contributed by atoms with Gasteiger partial charge in [-0.25, -0.2) is 4.57 Å². The molecule has 106 valence electrons. The summed E-state index contributed by atoms with van der Waals surface area (Å²) in [6.45, 7) is 7.71. The minimum absolute atomic E-state index is 0. The van der Waals surface area contributed by atoms with Crippen LogP contribution in [-0.4, -0.2) is 18.0 Å². The van der Waals surface area contributed by atoms with E-state index in [-0.39, 0.29) is 17.0 Å². The maximum Gasteiger partial charge on any atom is 0.168 e. The van der Waals surface area contributed by atoms with Crippen molar-refractivity contribution in [1.29, 1.82) is 0 Å². The van der Waals surface area contributed by atoms with E-state index in [1.807, 2.05) is 6.07 Å². The van der Waals surface area contributed by atoms with Gasteiger partial charge in [0.05, 0.1) is 0 Å². The van der Waals surface area contributed by atoms with Gasteiger partial charge < -0.3 is 21.9 Å². The fraction of sp³-hybridized carbons (Fsp3) is 0.438. The van der Waals surface area contributed by atoms with Crippen molar-refractivity contribution in [2.75, 3.05) is 13.1 Å². The maximum absolute atomic E-state index is 2.25. The van der Waals surface area contributed by atoms with Crippen LogP contribution in [0.1, 0.15) is 26.7 Å². The summed E-state index contributed by atoms with van der Waals surface area (Å²) in [5.41, 5.74) is 0. The van der Waals surface area contributed by atoms with E-state index < -0.39 is 0 Å². The van der Waals surface area contributed by atoms with Gasteiger partial charge in [-0.2, -0.15) is 0 Å². The Kier molecular flexibility index (Phi) is 11.3. The molecule has 0 atom stereocenters. The summed E-state index contributed by atoms with van der Waals surface area (Å²) in [4.78, 5) is 2.25. The van der Waals surface area contributed by atoms with E-state index in [4.69, 9.17) is 0 Å². The van der Waals surface area contributed by atoms with E-state index in [1.54, 1.807) is 0 Å². The summed E-state index contributed by atoms with van der Waals surface area (Å²) < 4.78 is 2.21. The highest BCUT2D eigenvalue weighted by Gasteiger charge is 1.93. The third kappa shape index (κ3) is 8.60. The van der Waals surface area contributed by atoms with E-state index in [9.17, 15) is 0 Å². The first-order valence-corrected chi connectivity index (χ1v) is 6.88. The van der Waals surface area contributed by atoms with Gasteiger partial charge in [-0.3, -0.25) is 0 Å². The second kappa shape index (κ2) is 12.0. The molecule has 2 rings (SSSR count). The zero-order valence-corrected chi connectivity index (χ0v) is 13.6. The predicted molar refractivity (Wildman–Crippen MR) is 77.1 cm³/mol. The number of pyridine rings is 1. The van der Waals surface area contributed by atoms with Crippen LogP contribution in [0.2, 0.25) is 0 Å². The molecule has 19 heavy (non-hydrogen) atoms. The fourth-order valence-corrected chi connectivity index (χ4v) is 1.67. The van der Waals surface area contributed by atoms with Crippen LogP contribution in [0.4, 0.5) is 0 Å². The van der Waals surface area contributed by atoms with Gasteiger partial charge in [0.15, 0.2) is 12.4 Å². The Morgan fingerprint density at radius 1 is 1.05 bits per heavy atom. The first kappa shape index (κ1) is 17.9. The average Bonchev–Trinajstić information content (AvgIpc) is 2.48. The molecule has 0 radical (unpaired) electrons. The SMILES string of the molecule is CCCC[n+]1ccccc1.CCN1C=CC=CC1.[Br-]. The third-order valence-corrected chi connectivity index (χ3v) is 2.84. The lowest BCUT2D eigenvalue weighted by atomic mass is 10.3. The fourth-order valence-electron chi connectivity index (χ4n) is 1.67. The van der Waals surface area contributed by atoms with Crippen molar-refractivity contribution in [3.05, 3.63) is 55.0 Å². The third-order valence-electron chi connectivity index (χ3n) is 2.84. The molecule has 2 nitrogen and oxygen atoms in total. The number of unbranched alkanes of at least 4 members (excludes halogenated alkanes) is 1. The molecule has 0 saturated heterocycles. The highest BCUT2D eigenvalue weighted by Crippen LogP contribution is 1.95. The van der Waals surface area contributed by atoms with Crippen molar-refractivity contribution in [2.45, 2.75) is 33.2 Å². The predicted octanol–water partition coefficient (Wildman–Crippen LogP) is 0.170. The summed E-state index contributed by atoms with van der Waals surface area (Å²) in [7, 11) is 0. The van der Waals surface area contributed by atoms with E-state index in [1.165, 1.54) is 12.8 Å². The first-order chi connectivity index (χ1) is 8.86. The summed E-state index contributed by atoms with van der Waals surface area (Å²) in [5.74, 6) is 0. The Morgan fingerprint density at radius 2 is 1.79 bits per heavy atom. The lowest BCUT2D eigenvalue weighted by Gasteiger charge is -2.16. The molecule has 0 N–H and O–H groups in total. The molecule has 1 aromatic heterocycles. The van der Waals surface area contributed by atoms with Gasteiger partial charge in [-0.05, 0) is 19.2 Å². The van der Waals surface area contributed by atoms with Crippen LogP contribution in [0.5, 0.6) is 0 Å². The van der Waals surface area contributed by atoms with Crippen molar-refractivity contribution >= 4 is 0 Å². The minimum Gasteiger partial charge on any atom is -1.00 e. The Morgan fingerprint density at radius 3 is 2.26 bits per heavy atom. The van der Waals surface area contributed by atoms with Crippen LogP contribution < -0.4 is 21.5 Å². The summed E-state index contributed by atoms with van der Waals surface area (Å²) in [5, 5.41) is 0. The lowest BCUT2D eigenvalue weighted by molar-refractivity contribution is -0.697. The molecule has 0 fully saturated rings. The van der Waals surface area contributed by atoms with E-state index in [2.05, 4.69) is 72.3 Å². The number of halogens is 1. The first-order valence-electron chi connectivity index (χ1n) is 6.88. The van der Waals surface area contributed by atoms with Crippen LogP contribution in [0, 0.1) is 0 Å². The lowest BCUT2D eigenvalue weighted by Crippen LogP contribution is -3.00. The van der Waals surface area contributed by atoms with Crippen molar-refractivity contribution in [2.24, 2.45) is 0 Å². The molecule has 0 unspecified atom stereocenters. The molecule has 0 bridgehead atoms. The zero-order chi connectivity index (χ0) is 13.1. The summed E-state index contributed by atoms with van der Waals surface area (Å²) >= 11 is 0. The van der Waals surface area contributed by atoms with Crippen LogP contribution in [0.15, 0.2) is 55.0 Å². The van der Waals surface area contributed by atoms with Gasteiger partial charge in [-0.15, -0.1) is 0 Å². The second-order valence-corrected chi connectivity index (χ2v) is 4.32. The topological polar surface area (TPSA) is 7.12 Å². The van der Waals surface area contributed by atoms with Crippen LogP contribution in [-0.2, 0) is 6.54 Å². The molecular weight excluding hydrogens is 300 g/mol. The van der Waals surface area contributed by atoms with Gasteiger partial charge in [-0.1, -0.05) is 31.6 Å². The van der Waals surface area contributed by atoms with Gasteiger partial charge in [0.1, 0.15) is 6.54 Å². The number of likely N-dealkylation sites (N-methyl/N-ethyl adjacent to an activating group) is 1. The molecule has 1 aromatic rings. The van der Waals surface area contributed by atoms with Crippen molar-refractivity contribution in [3.8, 4) is 0 Å². The number of nitrogens with zero attached hydrogens (tertiary/aromatic N) is 2.